The average molecular weight is 431 g/mol. The van der Waals surface area contributed by atoms with Crippen molar-refractivity contribution < 1.29 is 18.6 Å². The summed E-state index contributed by atoms with van der Waals surface area (Å²) in [6.45, 7) is 2.16. The zero-order valence-electron chi connectivity index (χ0n) is 17.3. The molecule has 2 aliphatic rings. The number of amides is 1. The van der Waals surface area contributed by atoms with E-state index in [1.807, 2.05) is 6.07 Å². The number of nitrogens with zero attached hydrogens (tertiary/aromatic N) is 1. The van der Waals surface area contributed by atoms with Crippen molar-refractivity contribution >= 4 is 16.7 Å². The van der Waals surface area contributed by atoms with Gasteiger partial charge in [-0.05, 0) is 80.4 Å². The molecule has 0 aromatic heterocycles. The summed E-state index contributed by atoms with van der Waals surface area (Å²) in [4.78, 5) is 12.8. The number of unbranched alkanes of at least 4 members (excludes halogenated alkanes) is 1. The number of ether oxygens (including phenoxy) is 1. The van der Waals surface area contributed by atoms with E-state index in [4.69, 9.17) is 4.74 Å². The summed E-state index contributed by atoms with van der Waals surface area (Å²) in [5.74, 6) is 1.30. The summed E-state index contributed by atoms with van der Waals surface area (Å²) in [5.41, 5.74) is 3.15. The minimum atomic E-state index is -3.19. The zero-order chi connectivity index (χ0) is 21.1. The summed E-state index contributed by atoms with van der Waals surface area (Å²) < 4.78 is 27.7. The number of carbonyl (C=O) groups is 1. The van der Waals surface area contributed by atoms with E-state index in [0.717, 1.165) is 44.5 Å². The Kier molecular flexibility index (Phi) is 6.34. The predicted octanol–water partition coefficient (Wildman–Crippen LogP) is 4.35. The summed E-state index contributed by atoms with van der Waals surface area (Å²) in [6, 6.07) is 13.1. The molecule has 1 aliphatic carbocycles. The summed E-state index contributed by atoms with van der Waals surface area (Å²) in [5, 5.41) is 3.54. The Labute approximate surface area is 179 Å². The maximum atomic E-state index is 12.5. The number of aryl methyl sites for hydroxylation is 1. The van der Waals surface area contributed by atoms with Crippen LogP contribution in [0.3, 0.4) is 0 Å². The van der Waals surface area contributed by atoms with Crippen molar-refractivity contribution in [1.82, 2.24) is 9.62 Å². The Morgan fingerprint density at radius 3 is 2.80 bits per heavy atom. The second kappa shape index (κ2) is 8.98. The fourth-order valence-electron chi connectivity index (χ4n) is 4.48. The predicted molar refractivity (Wildman–Crippen MR) is 119 cm³/mol. The highest BCUT2D eigenvalue weighted by atomic mass is 32.3. The second-order valence-electron chi connectivity index (χ2n) is 8.04. The Bertz CT molecular complexity index is 904. The van der Waals surface area contributed by atoms with E-state index in [1.165, 1.54) is 21.9 Å². The third kappa shape index (κ3) is 4.07. The lowest BCUT2D eigenvalue weighted by Gasteiger charge is -2.36. The molecule has 4 rings (SSSR count). The van der Waals surface area contributed by atoms with E-state index in [1.54, 1.807) is 31.4 Å². The van der Waals surface area contributed by atoms with Crippen LogP contribution in [0.4, 0.5) is 0 Å². The van der Waals surface area contributed by atoms with Crippen molar-refractivity contribution in [3.05, 3.63) is 59.2 Å². The van der Waals surface area contributed by atoms with Gasteiger partial charge in [0.2, 0.25) is 0 Å². The second-order valence-corrected chi connectivity index (χ2v) is 9.96. The molecule has 0 saturated carbocycles. The molecule has 1 aliphatic heterocycles. The van der Waals surface area contributed by atoms with Crippen LogP contribution in [0.5, 0.6) is 5.75 Å². The third-order valence-corrected chi connectivity index (χ3v) is 8.02. The van der Waals surface area contributed by atoms with Gasteiger partial charge >= 0.3 is 0 Å². The fourth-order valence-corrected chi connectivity index (χ4v) is 6.15. The summed E-state index contributed by atoms with van der Waals surface area (Å²) in [7, 11) is -1.46. The first-order valence-corrected chi connectivity index (χ1v) is 12.1. The van der Waals surface area contributed by atoms with E-state index in [-0.39, 0.29) is 5.91 Å². The highest BCUT2D eigenvalue weighted by Gasteiger charge is 2.40. The van der Waals surface area contributed by atoms with Crippen LogP contribution >= 0.6 is 10.8 Å². The van der Waals surface area contributed by atoms with Gasteiger partial charge in [0.25, 0.3) is 5.91 Å². The van der Waals surface area contributed by atoms with Crippen molar-refractivity contribution in [2.75, 3.05) is 26.7 Å². The molecular formula is C23H30N2O4S. The number of benzene rings is 2. The molecule has 3 N–H and O–H groups in total. The number of methoxy groups -OCH3 is 1. The normalized spacial score (nSPS) is 20.6. The first-order chi connectivity index (χ1) is 14.5. The number of nitrogens with one attached hydrogen (secondary N) is 1. The molecule has 0 radical (unpaired) electrons. The first kappa shape index (κ1) is 21.2. The molecule has 0 spiro atoms. The summed E-state index contributed by atoms with van der Waals surface area (Å²) >= 11 is 0. The van der Waals surface area contributed by atoms with Crippen LogP contribution in [-0.4, -0.2) is 46.1 Å². The van der Waals surface area contributed by atoms with Crippen molar-refractivity contribution in [3.8, 4) is 5.75 Å². The largest absolute Gasteiger partial charge is 0.496 e. The van der Waals surface area contributed by atoms with Gasteiger partial charge in [0.05, 0.1) is 17.6 Å². The van der Waals surface area contributed by atoms with Crippen LogP contribution in [0.25, 0.3) is 0 Å². The van der Waals surface area contributed by atoms with Crippen molar-refractivity contribution in [2.24, 2.45) is 5.92 Å². The molecule has 0 bridgehead atoms. The highest BCUT2D eigenvalue weighted by molar-refractivity contribution is 8.23. The Morgan fingerprint density at radius 1 is 1.17 bits per heavy atom. The van der Waals surface area contributed by atoms with Crippen LogP contribution in [0, 0.1) is 5.92 Å². The SMILES string of the molecule is COc1cccc2c1CC(CNCCCCN1C(=O)c3ccccc3S1(O)O)CC2. The first-order valence-electron chi connectivity index (χ1n) is 10.6. The maximum Gasteiger partial charge on any atom is 0.274 e. The van der Waals surface area contributed by atoms with Gasteiger partial charge < -0.3 is 10.1 Å². The molecule has 0 fully saturated rings. The van der Waals surface area contributed by atoms with E-state index in [9.17, 15) is 13.9 Å². The molecule has 6 nitrogen and oxygen atoms in total. The lowest BCUT2D eigenvalue weighted by atomic mass is 9.83. The van der Waals surface area contributed by atoms with Crippen LogP contribution in [0.1, 0.15) is 40.7 Å². The van der Waals surface area contributed by atoms with Gasteiger partial charge in [-0.2, -0.15) is 0 Å². The smallest absolute Gasteiger partial charge is 0.274 e. The number of fused-ring (bicyclic) bond motifs is 2. The molecule has 1 heterocycles. The van der Waals surface area contributed by atoms with E-state index in [0.29, 0.717) is 22.9 Å². The van der Waals surface area contributed by atoms with Crippen molar-refractivity contribution in [3.63, 3.8) is 0 Å². The quantitative estimate of drug-likeness (QED) is 0.543. The third-order valence-electron chi connectivity index (χ3n) is 6.11. The van der Waals surface area contributed by atoms with Crippen LogP contribution in [-0.2, 0) is 12.8 Å². The number of hydrogen-bond acceptors (Lipinski definition) is 5. The van der Waals surface area contributed by atoms with Gasteiger partial charge in [0.15, 0.2) is 0 Å². The van der Waals surface area contributed by atoms with Gasteiger partial charge in [-0.3, -0.25) is 13.9 Å². The highest BCUT2D eigenvalue weighted by Crippen LogP contribution is 2.58. The summed E-state index contributed by atoms with van der Waals surface area (Å²) in [6.07, 6.45) is 4.91. The van der Waals surface area contributed by atoms with Gasteiger partial charge in [0.1, 0.15) is 5.75 Å². The lowest BCUT2D eigenvalue weighted by Crippen LogP contribution is -2.30. The maximum absolute atomic E-state index is 12.5. The molecule has 2 aromatic carbocycles. The zero-order valence-corrected chi connectivity index (χ0v) is 18.2. The van der Waals surface area contributed by atoms with Crippen LogP contribution in [0.15, 0.2) is 47.4 Å². The molecule has 0 saturated heterocycles. The van der Waals surface area contributed by atoms with Crippen molar-refractivity contribution in [1.29, 1.82) is 0 Å². The molecule has 30 heavy (non-hydrogen) atoms. The van der Waals surface area contributed by atoms with Crippen LogP contribution < -0.4 is 10.1 Å². The number of hydrogen-bond donors (Lipinski definition) is 3. The van der Waals surface area contributed by atoms with Gasteiger partial charge in [-0.25, -0.2) is 4.31 Å². The lowest BCUT2D eigenvalue weighted by molar-refractivity contribution is 0.0861. The number of rotatable bonds is 8. The van der Waals surface area contributed by atoms with E-state index in [2.05, 4.69) is 17.4 Å². The average Bonchev–Trinajstić information content (AvgIpc) is 2.96. The Hall–Kier alpha value is -2.06. The van der Waals surface area contributed by atoms with E-state index >= 15 is 0 Å². The van der Waals surface area contributed by atoms with Gasteiger partial charge in [-0.1, -0.05) is 35.0 Å². The molecular weight excluding hydrogens is 400 g/mol. The Balaban J connectivity index is 1.20. The monoisotopic (exact) mass is 430 g/mol. The molecule has 162 valence electrons. The molecule has 7 heteroatoms. The minimum absolute atomic E-state index is 0.284. The van der Waals surface area contributed by atoms with Crippen LogP contribution in [0.2, 0.25) is 0 Å². The Morgan fingerprint density at radius 2 is 2.00 bits per heavy atom. The van der Waals surface area contributed by atoms with Crippen molar-refractivity contribution in [2.45, 2.75) is 37.0 Å². The minimum Gasteiger partial charge on any atom is -0.496 e. The molecule has 1 unspecified atom stereocenters. The van der Waals surface area contributed by atoms with Gasteiger partial charge in [0, 0.05) is 6.54 Å². The molecule has 1 atom stereocenters. The molecule has 2 aromatic rings. The number of carbonyl (C=O) groups excluding carboxylic acids is 1. The molecule has 1 amide bonds. The van der Waals surface area contributed by atoms with Gasteiger partial charge in [-0.15, -0.1) is 0 Å². The van der Waals surface area contributed by atoms with E-state index < -0.39 is 10.8 Å². The fraction of sp³-hybridized carbons (Fsp3) is 0.435. The topological polar surface area (TPSA) is 82.0 Å². The standard InChI is InChI=1S/C23H30N2O4S/c1-29-21-9-6-7-18-12-11-17(15-20(18)21)16-24-13-4-5-14-25-23(26)19-8-2-3-10-22(19)30(25,27)28/h2-3,6-10,17,24,27-28H,4-5,11-16H2,1H3.